The van der Waals surface area contributed by atoms with Crippen molar-refractivity contribution in [3.05, 3.63) is 24.3 Å². The third-order valence-corrected chi connectivity index (χ3v) is 9.60. The Bertz CT molecular complexity index is 734. The van der Waals surface area contributed by atoms with E-state index in [0.29, 0.717) is 18.3 Å². The van der Waals surface area contributed by atoms with Gasteiger partial charge in [-0.15, -0.1) is 0 Å². The van der Waals surface area contributed by atoms with Gasteiger partial charge < -0.3 is 18.0 Å². The Hall–Kier alpha value is -0.519. The molecule has 0 spiro atoms. The Morgan fingerprint density at radius 3 is 2.05 bits per heavy atom. The van der Waals surface area contributed by atoms with Crippen LogP contribution in [0, 0.1) is 11.8 Å². The van der Waals surface area contributed by atoms with Crippen molar-refractivity contribution in [1.82, 2.24) is 0 Å². The third-order valence-electron chi connectivity index (χ3n) is 6.58. The van der Waals surface area contributed by atoms with Crippen molar-refractivity contribution in [3.63, 3.8) is 0 Å². The van der Waals surface area contributed by atoms with Crippen molar-refractivity contribution in [2.24, 2.45) is 11.8 Å². The normalized spacial score (nSPS) is 24.0. The summed E-state index contributed by atoms with van der Waals surface area (Å²) < 4.78 is 25.0. The summed E-state index contributed by atoms with van der Waals surface area (Å²) in [6, 6.07) is 0. The van der Waals surface area contributed by atoms with Crippen molar-refractivity contribution in [2.45, 2.75) is 142 Å². The van der Waals surface area contributed by atoms with Crippen molar-refractivity contribution in [2.75, 3.05) is 7.11 Å². The van der Waals surface area contributed by atoms with Gasteiger partial charge in [-0.1, -0.05) is 50.5 Å². The zero-order valence-corrected chi connectivity index (χ0v) is 29.6. The maximum Gasteiger partial charge on any atom is 0.305 e. The summed E-state index contributed by atoms with van der Waals surface area (Å²) in [6.07, 6.45) is 18.7. The fourth-order valence-electron chi connectivity index (χ4n) is 5.16. The monoisotopic (exact) mass is 584 g/mol. The minimum atomic E-state index is -1.73. The highest BCUT2D eigenvalue weighted by Crippen LogP contribution is 2.42. The Morgan fingerprint density at radius 2 is 1.50 bits per heavy atom. The predicted molar refractivity (Wildman–Crippen MR) is 169 cm³/mol. The minimum absolute atomic E-state index is 0.136. The van der Waals surface area contributed by atoms with Crippen LogP contribution in [-0.4, -0.2) is 56.3 Å². The summed E-state index contributed by atoms with van der Waals surface area (Å²) in [6.45, 7) is 22.8. The van der Waals surface area contributed by atoms with E-state index in [1.165, 1.54) is 26.4 Å². The summed E-state index contributed by atoms with van der Waals surface area (Å²) >= 11 is 0. The number of rotatable bonds is 18. The van der Waals surface area contributed by atoms with Crippen LogP contribution >= 0.6 is 0 Å². The molecule has 0 heterocycles. The molecule has 0 amide bonds. The number of allylic oxidation sites excluding steroid dienone is 2. The van der Waals surface area contributed by atoms with Crippen LogP contribution in [0.1, 0.15) is 64.7 Å². The molecular weight excluding hydrogens is 525 g/mol. The van der Waals surface area contributed by atoms with Crippen molar-refractivity contribution in [1.29, 1.82) is 0 Å². The first kappa shape index (κ1) is 35.5. The molecule has 8 heteroatoms. The van der Waals surface area contributed by atoms with Crippen LogP contribution < -0.4 is 0 Å². The van der Waals surface area contributed by atoms with E-state index < -0.39 is 25.0 Å². The molecule has 222 valence electrons. The molecule has 1 aliphatic carbocycles. The number of unbranched alkanes of at least 4 members (excludes halogenated alkanes) is 3. The second-order valence-corrected chi connectivity index (χ2v) is 27.2. The highest BCUT2D eigenvalue weighted by molar-refractivity contribution is 6.70. The number of hydrogen-bond donors (Lipinski definition) is 0. The van der Waals surface area contributed by atoms with Crippen molar-refractivity contribution < 1.29 is 22.8 Å². The maximum atomic E-state index is 11.4. The molecule has 1 rings (SSSR count). The van der Waals surface area contributed by atoms with Gasteiger partial charge in [0.05, 0.1) is 25.4 Å². The quantitative estimate of drug-likeness (QED) is 0.0698. The van der Waals surface area contributed by atoms with Crippen LogP contribution in [0.2, 0.25) is 58.9 Å². The number of esters is 1. The fourth-order valence-corrected chi connectivity index (χ4v) is 8.61. The third kappa shape index (κ3) is 15.9. The average molecular weight is 585 g/mol. The van der Waals surface area contributed by atoms with E-state index in [0.717, 1.165) is 32.1 Å². The number of ether oxygens (including phenoxy) is 1. The van der Waals surface area contributed by atoms with Crippen molar-refractivity contribution in [3.8, 4) is 0 Å². The molecule has 5 nitrogen and oxygen atoms in total. The smallest absolute Gasteiger partial charge is 0.305 e. The molecule has 0 radical (unpaired) electrons. The van der Waals surface area contributed by atoms with Gasteiger partial charge in [-0.2, -0.15) is 0 Å². The molecule has 38 heavy (non-hydrogen) atoms. The first-order chi connectivity index (χ1) is 17.5. The zero-order valence-electron chi connectivity index (χ0n) is 26.6. The first-order valence-corrected chi connectivity index (χ1v) is 25.2. The lowest BCUT2D eigenvalue weighted by Gasteiger charge is -2.30. The van der Waals surface area contributed by atoms with Crippen LogP contribution in [0.4, 0.5) is 0 Å². The van der Waals surface area contributed by atoms with Gasteiger partial charge in [0.2, 0.25) is 0 Å². The largest absolute Gasteiger partial charge is 0.469 e. The second-order valence-electron chi connectivity index (χ2n) is 13.8. The standard InChI is InChI=1S/C30H60O5Si3/c1-12-13-16-19-25(33-36(3,4)5)22-23-27-26(20-17-14-15-18-21-30(31)32-2)28(34-37(6,7)8)24-29(27)35-38(9,10)11/h14,17,22-23,25-29H,12-13,15-16,18-21,24H2,1-11H3/b17-14+,23-22+/t25-,26+,27+,28-,29+/m0/s1. The summed E-state index contributed by atoms with van der Waals surface area (Å²) in [5, 5.41) is 0. The van der Waals surface area contributed by atoms with E-state index in [4.69, 9.17) is 18.0 Å². The van der Waals surface area contributed by atoms with Gasteiger partial charge in [0.1, 0.15) is 0 Å². The Balaban J connectivity index is 3.18. The molecule has 0 aliphatic heterocycles. The first-order valence-electron chi connectivity index (χ1n) is 15.0. The highest BCUT2D eigenvalue weighted by atomic mass is 28.4. The molecule has 1 aliphatic rings. The number of carbonyl (C=O) groups excluding carboxylic acids is 1. The maximum absolute atomic E-state index is 11.4. The predicted octanol–water partition coefficient (Wildman–Crippen LogP) is 8.71. The summed E-state index contributed by atoms with van der Waals surface area (Å²) in [5.74, 6) is 0.546. The summed E-state index contributed by atoms with van der Waals surface area (Å²) in [4.78, 5) is 11.4. The van der Waals surface area contributed by atoms with Crippen LogP contribution in [0.3, 0.4) is 0 Å². The molecule has 1 fully saturated rings. The highest BCUT2D eigenvalue weighted by Gasteiger charge is 2.45. The lowest BCUT2D eigenvalue weighted by atomic mass is 9.89. The Labute approximate surface area is 238 Å². The molecule has 0 saturated heterocycles. The Kier molecular flexibility index (Phi) is 15.6. The zero-order chi connectivity index (χ0) is 29.0. The second kappa shape index (κ2) is 16.7. The fraction of sp³-hybridized carbons (Fsp3) is 0.833. The van der Waals surface area contributed by atoms with Gasteiger partial charge in [-0.3, -0.25) is 4.79 Å². The molecule has 0 aromatic carbocycles. The average Bonchev–Trinajstić information content (AvgIpc) is 3.05. The van der Waals surface area contributed by atoms with Gasteiger partial charge >= 0.3 is 5.97 Å². The number of methoxy groups -OCH3 is 1. The van der Waals surface area contributed by atoms with Crippen LogP contribution in [0.25, 0.3) is 0 Å². The topological polar surface area (TPSA) is 54.0 Å². The van der Waals surface area contributed by atoms with Gasteiger partial charge in [0.15, 0.2) is 25.0 Å². The molecule has 0 aromatic rings. The van der Waals surface area contributed by atoms with Gasteiger partial charge in [0, 0.05) is 12.3 Å². The van der Waals surface area contributed by atoms with E-state index in [2.05, 4.69) is 90.2 Å². The summed E-state index contributed by atoms with van der Waals surface area (Å²) in [5.41, 5.74) is 0. The van der Waals surface area contributed by atoms with E-state index in [9.17, 15) is 4.79 Å². The van der Waals surface area contributed by atoms with Gasteiger partial charge in [0.25, 0.3) is 0 Å². The van der Waals surface area contributed by atoms with E-state index in [-0.39, 0.29) is 24.3 Å². The van der Waals surface area contributed by atoms with Gasteiger partial charge in [-0.25, -0.2) is 0 Å². The SMILES string of the molecule is CCCCC[C@@H](/C=C/[C@@H]1[C@@H](C/C=C/CCCC(=O)OC)[C@@H](O[Si](C)(C)C)C[C@H]1O[Si](C)(C)C)O[Si](C)(C)C. The lowest BCUT2D eigenvalue weighted by Crippen LogP contribution is -2.35. The van der Waals surface area contributed by atoms with Crippen LogP contribution in [-0.2, 0) is 22.8 Å². The van der Waals surface area contributed by atoms with Crippen LogP contribution in [0.15, 0.2) is 24.3 Å². The Morgan fingerprint density at radius 1 is 0.868 bits per heavy atom. The van der Waals surface area contributed by atoms with Crippen molar-refractivity contribution >= 4 is 30.9 Å². The number of hydrogen-bond acceptors (Lipinski definition) is 5. The molecule has 0 aromatic heterocycles. The minimum Gasteiger partial charge on any atom is -0.469 e. The summed E-state index contributed by atoms with van der Waals surface area (Å²) in [7, 11) is -3.66. The lowest BCUT2D eigenvalue weighted by molar-refractivity contribution is -0.140. The molecule has 5 atom stereocenters. The van der Waals surface area contributed by atoms with Crippen LogP contribution in [0.5, 0.6) is 0 Å². The molecule has 0 unspecified atom stereocenters. The van der Waals surface area contributed by atoms with Gasteiger partial charge in [-0.05, 0) is 96.9 Å². The molecule has 0 N–H and O–H groups in total. The molecular formula is C30H60O5Si3. The number of carbonyl (C=O) groups is 1. The van der Waals surface area contributed by atoms with E-state index in [1.54, 1.807) is 0 Å². The van der Waals surface area contributed by atoms with E-state index in [1.807, 2.05) is 0 Å². The molecule has 0 bridgehead atoms. The van der Waals surface area contributed by atoms with E-state index >= 15 is 0 Å². The molecule has 1 saturated carbocycles.